The van der Waals surface area contributed by atoms with Crippen LogP contribution in [0.15, 0.2) is 74.1 Å². The van der Waals surface area contributed by atoms with Gasteiger partial charge in [-0.3, -0.25) is 14.1 Å². The number of hydrogen-bond donors (Lipinski definition) is 1. The number of rotatable bonds is 8. The number of thiophene rings is 1. The predicted octanol–water partition coefficient (Wildman–Crippen LogP) is 3.01. The molecule has 1 aliphatic heterocycles. The number of carbonyl (C=O) groups excluding carboxylic acids is 3. The van der Waals surface area contributed by atoms with Crippen molar-refractivity contribution in [2.75, 3.05) is 11.4 Å². The number of hydrogen-bond acceptors (Lipinski definition) is 13. The van der Waals surface area contributed by atoms with Crippen molar-refractivity contribution in [1.82, 2.24) is 5.06 Å². The van der Waals surface area contributed by atoms with Crippen molar-refractivity contribution in [2.45, 2.75) is 30.5 Å². The molecule has 0 bridgehead atoms. The Labute approximate surface area is 254 Å². The summed E-state index contributed by atoms with van der Waals surface area (Å²) in [6.45, 7) is 3.05. The molecule has 0 unspecified atom stereocenters. The molecule has 0 atom stereocenters. The van der Waals surface area contributed by atoms with E-state index in [-0.39, 0.29) is 28.2 Å². The van der Waals surface area contributed by atoms with Gasteiger partial charge in [0.05, 0.1) is 11.1 Å². The molecular weight excluding hydrogens is 641 g/mol. The maximum absolute atomic E-state index is 12.7. The number of anilines is 1. The van der Waals surface area contributed by atoms with E-state index < -0.39 is 44.1 Å². The Morgan fingerprint density at radius 3 is 2.20 bits per heavy atom. The van der Waals surface area contributed by atoms with Gasteiger partial charge in [0, 0.05) is 47.9 Å². The van der Waals surface area contributed by atoms with Crippen LogP contribution in [-0.4, -0.2) is 55.0 Å². The summed E-state index contributed by atoms with van der Waals surface area (Å²) >= 11 is 0.772. The zero-order valence-electron chi connectivity index (χ0n) is 22.7. The van der Waals surface area contributed by atoms with Gasteiger partial charge in [0.2, 0.25) is 0 Å². The van der Waals surface area contributed by atoms with Gasteiger partial charge < -0.3 is 14.2 Å². The van der Waals surface area contributed by atoms with Crippen LogP contribution in [0, 0.1) is 0 Å². The number of nitrogens with zero attached hydrogens (tertiary/aromatic N) is 2. The number of benzene rings is 2. The minimum absolute atomic E-state index is 0.0176. The van der Waals surface area contributed by atoms with E-state index in [0.717, 1.165) is 22.6 Å². The molecule has 0 aliphatic carbocycles. The first-order chi connectivity index (χ1) is 20.8. The molecule has 0 radical (unpaired) electrons. The summed E-state index contributed by atoms with van der Waals surface area (Å²) < 4.78 is 62.6. The fourth-order valence-corrected chi connectivity index (χ4v) is 5.89. The summed E-state index contributed by atoms with van der Waals surface area (Å²) in [5, 5.41) is 1.14. The van der Waals surface area contributed by atoms with Gasteiger partial charge >= 0.3 is 32.3 Å². The average molecular weight is 663 g/mol. The predicted molar refractivity (Wildman–Crippen MR) is 155 cm³/mol. The van der Waals surface area contributed by atoms with Crippen LogP contribution in [0.4, 0.5) is 5.69 Å². The molecule has 230 valence electrons. The smallest absolute Gasteiger partial charge is 0.422 e. The molecule has 14 nitrogen and oxygen atoms in total. The van der Waals surface area contributed by atoms with Crippen molar-refractivity contribution in [1.29, 1.82) is 0 Å². The first-order valence-electron chi connectivity index (χ1n) is 12.6. The van der Waals surface area contributed by atoms with Crippen LogP contribution in [-0.2, 0) is 41.7 Å². The van der Waals surface area contributed by atoms with Crippen molar-refractivity contribution in [2.24, 2.45) is 0 Å². The van der Waals surface area contributed by atoms with Crippen LogP contribution in [0.3, 0.4) is 0 Å². The fraction of sp³-hybridized carbons (Fsp3) is 0.185. The maximum Gasteiger partial charge on any atom is 0.425 e. The molecule has 1 N–H and O–H groups in total. The van der Waals surface area contributed by atoms with Gasteiger partial charge in [0.25, 0.3) is 11.8 Å². The quantitative estimate of drug-likeness (QED) is 0.164. The van der Waals surface area contributed by atoms with Gasteiger partial charge in [0.15, 0.2) is 0 Å². The van der Waals surface area contributed by atoms with Crippen LogP contribution in [0.25, 0.3) is 21.4 Å². The summed E-state index contributed by atoms with van der Waals surface area (Å²) in [4.78, 5) is 55.8. The molecular formula is C27H22N2O12S3. The molecule has 1 saturated heterocycles. The largest absolute Gasteiger partial charge is 0.425 e. The lowest BCUT2D eigenvalue weighted by atomic mass is 10.1. The lowest BCUT2D eigenvalue weighted by molar-refractivity contribution is -0.172. The Morgan fingerprint density at radius 2 is 1.64 bits per heavy atom. The van der Waals surface area contributed by atoms with Crippen molar-refractivity contribution >= 4 is 66.5 Å². The number of imide groups is 1. The topological polar surface area (TPSA) is 203 Å². The Kier molecular flexibility index (Phi) is 9.73. The average Bonchev–Trinajstić information content (AvgIpc) is 3.58. The summed E-state index contributed by atoms with van der Waals surface area (Å²) in [6.07, 6.45) is 0.0353. The minimum atomic E-state index is -4.37. The third-order valence-electron chi connectivity index (χ3n) is 6.31. The molecule has 2 aromatic carbocycles. The zero-order valence-corrected chi connectivity index (χ0v) is 25.1. The number of fused-ring (bicyclic) bond motifs is 1. The molecule has 3 heterocycles. The summed E-state index contributed by atoms with van der Waals surface area (Å²) in [6, 6.07) is 16.2. The highest BCUT2D eigenvalue weighted by molar-refractivity contribution is 7.88. The standard InChI is InChI=1S/C27H22N2O9S2.O3S/c1-2-28(15-16-3-5-17(6-4-16)26(32)38-29-23(30)10-11-24(29)31)19-8-7-18-13-20(27(33)37-21(18)14-19)22-9-12-25(39-22)40(34,35)36;1-4(2)3/h3-9,12-14H,2,10-11,15H2,1H3,(H,34,35,36);. The molecule has 1 fully saturated rings. The highest BCUT2D eigenvalue weighted by Gasteiger charge is 2.33. The van der Waals surface area contributed by atoms with E-state index in [0.29, 0.717) is 34.0 Å². The van der Waals surface area contributed by atoms with E-state index in [2.05, 4.69) is 0 Å². The molecule has 4 aromatic rings. The van der Waals surface area contributed by atoms with Crippen molar-refractivity contribution in [3.63, 3.8) is 0 Å². The molecule has 2 amide bonds. The molecule has 17 heteroatoms. The lowest BCUT2D eigenvalue weighted by Gasteiger charge is -2.23. The van der Waals surface area contributed by atoms with Crippen molar-refractivity contribution in [3.8, 4) is 10.4 Å². The first kappa shape index (κ1) is 32.2. The van der Waals surface area contributed by atoms with Crippen molar-refractivity contribution < 1.29 is 49.2 Å². The zero-order chi connectivity index (χ0) is 32.2. The van der Waals surface area contributed by atoms with Crippen LogP contribution in [0.2, 0.25) is 0 Å². The van der Waals surface area contributed by atoms with Gasteiger partial charge in [-0.05, 0) is 55.0 Å². The Balaban J connectivity index is 0.00000104. The Morgan fingerprint density at radius 1 is 1.00 bits per heavy atom. The van der Waals surface area contributed by atoms with Gasteiger partial charge in [-0.2, -0.15) is 8.42 Å². The number of carbonyl (C=O) groups is 3. The van der Waals surface area contributed by atoms with E-state index in [9.17, 15) is 32.1 Å². The monoisotopic (exact) mass is 662 g/mol. The highest BCUT2D eigenvalue weighted by Crippen LogP contribution is 2.31. The SMILES string of the molecule is CCN(Cc1ccc(C(=O)ON2C(=O)CCC2=O)cc1)c1ccc2cc(-c3ccc(S(=O)(=O)O)s3)c(=O)oc2c1.O=S(=O)=O. The minimum Gasteiger partial charge on any atom is -0.422 e. The second kappa shape index (κ2) is 13.3. The third kappa shape index (κ3) is 7.62. The summed E-state index contributed by atoms with van der Waals surface area (Å²) in [5.74, 6) is -1.90. The molecule has 2 aromatic heterocycles. The van der Waals surface area contributed by atoms with Crippen LogP contribution in [0.5, 0.6) is 0 Å². The maximum atomic E-state index is 12.7. The van der Waals surface area contributed by atoms with E-state index in [1.165, 1.54) is 12.1 Å². The fourth-order valence-electron chi connectivity index (χ4n) is 4.22. The van der Waals surface area contributed by atoms with Crippen LogP contribution in [0.1, 0.15) is 35.7 Å². The molecule has 44 heavy (non-hydrogen) atoms. The van der Waals surface area contributed by atoms with Gasteiger partial charge in [-0.1, -0.05) is 12.1 Å². The van der Waals surface area contributed by atoms with E-state index in [1.54, 1.807) is 42.5 Å². The summed E-state index contributed by atoms with van der Waals surface area (Å²) in [5.41, 5.74) is 1.74. The second-order valence-electron chi connectivity index (χ2n) is 9.14. The van der Waals surface area contributed by atoms with Crippen LogP contribution < -0.4 is 10.5 Å². The van der Waals surface area contributed by atoms with Crippen molar-refractivity contribution in [3.05, 3.63) is 82.2 Å². The van der Waals surface area contributed by atoms with Crippen LogP contribution >= 0.6 is 11.3 Å². The Hall–Kier alpha value is -4.71. The van der Waals surface area contributed by atoms with E-state index in [4.69, 9.17) is 21.9 Å². The van der Waals surface area contributed by atoms with Gasteiger partial charge in [-0.15, -0.1) is 29.0 Å². The Bertz CT molecular complexity index is 2010. The van der Waals surface area contributed by atoms with Gasteiger partial charge in [-0.25, -0.2) is 9.59 Å². The molecule has 0 saturated carbocycles. The molecule has 1 aliphatic rings. The van der Waals surface area contributed by atoms with Gasteiger partial charge in [0.1, 0.15) is 9.79 Å². The van der Waals surface area contributed by atoms with E-state index >= 15 is 0 Å². The summed E-state index contributed by atoms with van der Waals surface area (Å²) in [7, 11) is -7.49. The highest BCUT2D eigenvalue weighted by atomic mass is 32.3. The second-order valence-corrected chi connectivity index (χ2v) is 12.3. The number of amides is 2. The normalized spacial score (nSPS) is 13.0. The third-order valence-corrected chi connectivity index (χ3v) is 8.75. The van der Waals surface area contributed by atoms with E-state index in [1.807, 2.05) is 17.9 Å². The lowest BCUT2D eigenvalue weighted by Crippen LogP contribution is -2.32. The molecule has 0 spiro atoms. The number of hydroxylamine groups is 2. The first-order valence-corrected chi connectivity index (χ1v) is 15.9. The molecule has 5 rings (SSSR count).